The van der Waals surface area contributed by atoms with E-state index in [1.807, 2.05) is 48.5 Å². The van der Waals surface area contributed by atoms with Gasteiger partial charge in [0.2, 0.25) is 5.91 Å². The Balaban J connectivity index is 1.90. The molecule has 1 amide bonds. The Kier molecular flexibility index (Phi) is 3.08. The van der Waals surface area contributed by atoms with E-state index >= 15 is 0 Å². The van der Waals surface area contributed by atoms with Crippen LogP contribution in [-0.2, 0) is 9.59 Å². The fourth-order valence-electron chi connectivity index (χ4n) is 3.44. The molecule has 5 heteroatoms. The zero-order valence-electron chi connectivity index (χ0n) is 12.3. The van der Waals surface area contributed by atoms with Gasteiger partial charge in [0.25, 0.3) is 0 Å². The molecule has 0 N–H and O–H groups in total. The summed E-state index contributed by atoms with van der Waals surface area (Å²) in [7, 11) is 0. The van der Waals surface area contributed by atoms with Gasteiger partial charge in [0.15, 0.2) is 0 Å². The molecule has 1 saturated heterocycles. The topological polar surface area (TPSA) is 69.7 Å². The summed E-state index contributed by atoms with van der Waals surface area (Å²) in [6, 6.07) is 13.4. The van der Waals surface area contributed by atoms with Crippen LogP contribution in [0.5, 0.6) is 11.5 Å². The van der Waals surface area contributed by atoms with Crippen LogP contribution in [0.15, 0.2) is 48.5 Å². The first kappa shape index (κ1) is 13.8. The molecule has 0 spiro atoms. The lowest BCUT2D eigenvalue weighted by atomic mass is 9.92. The van der Waals surface area contributed by atoms with Gasteiger partial charge in [0, 0.05) is 17.5 Å². The molecule has 0 bridgehead atoms. The van der Waals surface area contributed by atoms with Gasteiger partial charge >= 0.3 is 0 Å². The van der Waals surface area contributed by atoms with E-state index in [9.17, 15) is 14.7 Å². The number of carbonyl (C=O) groups is 2. The van der Waals surface area contributed by atoms with Gasteiger partial charge in [-0.1, -0.05) is 36.4 Å². The molecule has 0 radical (unpaired) electrons. The number of ether oxygens (including phenoxy) is 1. The van der Waals surface area contributed by atoms with Crippen molar-refractivity contribution in [1.29, 1.82) is 0 Å². The maximum Gasteiger partial charge on any atom is 0.224 e. The fourth-order valence-corrected chi connectivity index (χ4v) is 3.44. The molecule has 2 aromatic rings. The van der Waals surface area contributed by atoms with Gasteiger partial charge in [-0.2, -0.15) is 0 Å². The maximum absolute atomic E-state index is 12.4. The highest BCUT2D eigenvalue weighted by Gasteiger charge is 2.41. The largest absolute Gasteiger partial charge is 0.548 e. The number of hydrogen-bond acceptors (Lipinski definition) is 4. The first-order valence-corrected chi connectivity index (χ1v) is 7.54. The third kappa shape index (κ3) is 2.08. The minimum absolute atomic E-state index is 0.171. The number of benzene rings is 2. The molecular weight excluding hydrogens is 294 g/mol. The Morgan fingerprint density at radius 3 is 2.17 bits per heavy atom. The quantitative estimate of drug-likeness (QED) is 0.845. The predicted molar refractivity (Wildman–Crippen MR) is 79.7 cm³/mol. The van der Waals surface area contributed by atoms with E-state index in [2.05, 4.69) is 0 Å². The first-order chi connectivity index (χ1) is 11.2. The molecule has 5 nitrogen and oxygen atoms in total. The van der Waals surface area contributed by atoms with Crippen LogP contribution in [0.4, 0.5) is 0 Å². The van der Waals surface area contributed by atoms with Gasteiger partial charge in [0.05, 0.1) is 18.1 Å². The highest BCUT2D eigenvalue weighted by atomic mass is 16.5. The van der Waals surface area contributed by atoms with Crippen LogP contribution in [0.1, 0.15) is 30.0 Å². The smallest absolute Gasteiger partial charge is 0.224 e. The van der Waals surface area contributed by atoms with Gasteiger partial charge in [-0.05, 0) is 18.6 Å². The molecule has 2 heterocycles. The van der Waals surface area contributed by atoms with E-state index in [-0.39, 0.29) is 18.7 Å². The molecule has 0 aromatic heterocycles. The predicted octanol–water partition coefficient (Wildman–Crippen LogP) is 1.62. The monoisotopic (exact) mass is 308 g/mol. The Labute approximate surface area is 133 Å². The lowest BCUT2D eigenvalue weighted by Crippen LogP contribution is -2.48. The lowest BCUT2D eigenvalue weighted by molar-refractivity contribution is -0.311. The van der Waals surface area contributed by atoms with Crippen LogP contribution >= 0.6 is 0 Å². The van der Waals surface area contributed by atoms with Crippen LogP contribution in [0, 0.1) is 0 Å². The second-order valence-corrected chi connectivity index (χ2v) is 5.75. The highest BCUT2D eigenvalue weighted by molar-refractivity contribution is 5.87. The van der Waals surface area contributed by atoms with Crippen molar-refractivity contribution >= 4 is 11.9 Å². The lowest BCUT2D eigenvalue weighted by Gasteiger charge is -2.38. The molecule has 0 aliphatic carbocycles. The number of carboxylic acids is 1. The molecular formula is C18H14NO4-. The van der Waals surface area contributed by atoms with Crippen molar-refractivity contribution in [1.82, 2.24) is 4.90 Å². The van der Waals surface area contributed by atoms with Crippen LogP contribution in [0.2, 0.25) is 0 Å². The normalized spacial score (nSPS) is 19.9. The Morgan fingerprint density at radius 2 is 1.61 bits per heavy atom. The second kappa shape index (κ2) is 5.12. The van der Waals surface area contributed by atoms with Crippen molar-refractivity contribution in [2.45, 2.75) is 24.9 Å². The zero-order chi connectivity index (χ0) is 16.0. The van der Waals surface area contributed by atoms with Crippen LogP contribution < -0.4 is 9.84 Å². The zero-order valence-corrected chi connectivity index (χ0v) is 12.3. The average molecular weight is 308 g/mol. The van der Waals surface area contributed by atoms with Gasteiger partial charge in [-0.15, -0.1) is 0 Å². The molecule has 1 unspecified atom stereocenters. The van der Waals surface area contributed by atoms with E-state index in [4.69, 9.17) is 4.74 Å². The number of rotatable bonds is 2. The Hall–Kier alpha value is -2.82. The van der Waals surface area contributed by atoms with E-state index < -0.39 is 18.1 Å². The van der Waals surface area contributed by atoms with E-state index in [0.717, 1.165) is 11.1 Å². The number of hydrogen-bond donors (Lipinski definition) is 0. The van der Waals surface area contributed by atoms with Crippen LogP contribution in [0.3, 0.4) is 0 Å². The minimum Gasteiger partial charge on any atom is -0.548 e. The summed E-state index contributed by atoms with van der Waals surface area (Å²) in [5.41, 5.74) is 1.60. The molecule has 23 heavy (non-hydrogen) atoms. The molecule has 1 fully saturated rings. The summed E-state index contributed by atoms with van der Waals surface area (Å²) in [4.78, 5) is 25.3. The number of aliphatic carboxylic acids is 1. The number of carbonyl (C=O) groups excluding carboxylic acids is 2. The van der Waals surface area contributed by atoms with Crippen LogP contribution in [0.25, 0.3) is 0 Å². The number of fused-ring (bicyclic) bond motifs is 2. The summed E-state index contributed by atoms with van der Waals surface area (Å²) >= 11 is 0. The number of para-hydroxylation sites is 2. The van der Waals surface area contributed by atoms with Crippen molar-refractivity contribution in [2.75, 3.05) is 0 Å². The van der Waals surface area contributed by atoms with Crippen LogP contribution in [-0.4, -0.2) is 22.8 Å². The third-order valence-electron chi connectivity index (χ3n) is 4.45. The number of carboxylic acid groups (broad SMARTS) is 1. The molecule has 0 saturated carbocycles. The summed E-state index contributed by atoms with van der Waals surface area (Å²) in [6.07, 6.45) is 0.503. The summed E-state index contributed by atoms with van der Waals surface area (Å²) in [5.74, 6) is -0.0889. The Bertz CT molecular complexity index is 756. The maximum atomic E-state index is 12.4. The standard InChI is InChI=1S/C18H15NO4/c20-16-10-9-13(18(21)22)19(16)17-11-5-1-3-7-14(11)23-15-8-4-2-6-12(15)17/h1-8,13,17H,9-10H2,(H,21,22)/p-1. The van der Waals surface area contributed by atoms with E-state index in [1.54, 1.807) is 0 Å². The molecule has 2 aromatic carbocycles. The van der Waals surface area contributed by atoms with Crippen molar-refractivity contribution in [3.63, 3.8) is 0 Å². The molecule has 4 rings (SSSR count). The molecule has 2 aliphatic heterocycles. The molecule has 116 valence electrons. The van der Waals surface area contributed by atoms with Crippen molar-refractivity contribution in [2.24, 2.45) is 0 Å². The second-order valence-electron chi connectivity index (χ2n) is 5.75. The van der Waals surface area contributed by atoms with Crippen molar-refractivity contribution in [3.8, 4) is 11.5 Å². The SMILES string of the molecule is O=C([O-])C1CCC(=O)N1C1c2ccccc2Oc2ccccc21. The van der Waals surface area contributed by atoms with Gasteiger partial charge < -0.3 is 19.5 Å². The van der Waals surface area contributed by atoms with Gasteiger partial charge in [-0.25, -0.2) is 0 Å². The third-order valence-corrected chi connectivity index (χ3v) is 4.45. The minimum atomic E-state index is -1.21. The summed E-state index contributed by atoms with van der Waals surface area (Å²) in [6.45, 7) is 0. The number of likely N-dealkylation sites (tertiary alicyclic amines) is 1. The first-order valence-electron chi connectivity index (χ1n) is 7.54. The van der Waals surface area contributed by atoms with E-state index in [0.29, 0.717) is 11.5 Å². The van der Waals surface area contributed by atoms with Crippen molar-refractivity contribution < 1.29 is 19.4 Å². The van der Waals surface area contributed by atoms with Crippen molar-refractivity contribution in [3.05, 3.63) is 59.7 Å². The fraction of sp³-hybridized carbons (Fsp3) is 0.222. The Morgan fingerprint density at radius 1 is 1.04 bits per heavy atom. The molecule has 1 atom stereocenters. The van der Waals surface area contributed by atoms with Gasteiger partial charge in [0.1, 0.15) is 11.5 Å². The van der Waals surface area contributed by atoms with E-state index in [1.165, 1.54) is 4.90 Å². The average Bonchev–Trinajstić information content (AvgIpc) is 2.94. The summed E-state index contributed by atoms with van der Waals surface area (Å²) in [5, 5.41) is 11.5. The molecule has 2 aliphatic rings. The summed E-state index contributed by atoms with van der Waals surface area (Å²) < 4.78 is 5.90. The number of amides is 1. The number of nitrogens with zero attached hydrogens (tertiary/aromatic N) is 1. The highest BCUT2D eigenvalue weighted by Crippen LogP contribution is 2.47. The van der Waals surface area contributed by atoms with Gasteiger partial charge in [-0.3, -0.25) is 4.79 Å².